The lowest BCUT2D eigenvalue weighted by atomic mass is 10.1. The van der Waals surface area contributed by atoms with Gasteiger partial charge in [0.05, 0.1) is 6.54 Å². The van der Waals surface area contributed by atoms with Gasteiger partial charge in [0.1, 0.15) is 0 Å². The van der Waals surface area contributed by atoms with E-state index in [4.69, 9.17) is 23.2 Å². The van der Waals surface area contributed by atoms with Crippen molar-refractivity contribution in [2.75, 3.05) is 13.1 Å². The topological polar surface area (TPSA) is 41.1 Å². The molecule has 0 aliphatic heterocycles. The van der Waals surface area contributed by atoms with Gasteiger partial charge < -0.3 is 10.6 Å². The maximum atomic E-state index is 11.9. The second-order valence-electron chi connectivity index (χ2n) is 5.35. The van der Waals surface area contributed by atoms with E-state index in [-0.39, 0.29) is 18.5 Å². The molecule has 5 heteroatoms. The highest BCUT2D eigenvalue weighted by Crippen LogP contribution is 2.21. The molecule has 0 saturated heterocycles. The minimum atomic E-state index is -0.0362. The van der Waals surface area contributed by atoms with E-state index in [2.05, 4.69) is 10.6 Å². The molecule has 0 aromatic heterocycles. The van der Waals surface area contributed by atoms with Crippen LogP contribution in [0.15, 0.2) is 48.5 Å². The number of hydrogen-bond acceptors (Lipinski definition) is 2. The number of rotatable bonds is 7. The first-order valence-corrected chi connectivity index (χ1v) is 8.31. The molecule has 2 aromatic rings. The summed E-state index contributed by atoms with van der Waals surface area (Å²) in [4.78, 5) is 11.9. The van der Waals surface area contributed by atoms with Crippen molar-refractivity contribution in [1.82, 2.24) is 10.6 Å². The first kappa shape index (κ1) is 17.8. The van der Waals surface area contributed by atoms with Gasteiger partial charge in [-0.25, -0.2) is 0 Å². The Hall–Kier alpha value is -1.55. The molecule has 0 bridgehead atoms. The number of carbonyl (C=O) groups is 1. The molecule has 122 valence electrons. The Bertz CT molecular complexity index is 661. The van der Waals surface area contributed by atoms with E-state index in [1.807, 2.05) is 55.5 Å². The summed E-state index contributed by atoms with van der Waals surface area (Å²) < 4.78 is 0. The third kappa shape index (κ3) is 5.87. The van der Waals surface area contributed by atoms with Crippen molar-refractivity contribution in [3.8, 4) is 0 Å². The lowest BCUT2D eigenvalue weighted by Crippen LogP contribution is -2.36. The van der Waals surface area contributed by atoms with Crippen LogP contribution in [0.4, 0.5) is 0 Å². The normalized spacial score (nSPS) is 12.0. The molecule has 23 heavy (non-hydrogen) atoms. The van der Waals surface area contributed by atoms with E-state index in [0.29, 0.717) is 16.6 Å². The smallest absolute Gasteiger partial charge is 0.233 e. The molecule has 2 N–H and O–H groups in total. The van der Waals surface area contributed by atoms with E-state index in [9.17, 15) is 4.79 Å². The Balaban J connectivity index is 1.72. The number of amides is 1. The predicted molar refractivity (Wildman–Crippen MR) is 96.0 cm³/mol. The van der Waals surface area contributed by atoms with E-state index in [1.54, 1.807) is 0 Å². The van der Waals surface area contributed by atoms with Gasteiger partial charge in [0.2, 0.25) is 5.91 Å². The number of carbonyl (C=O) groups excluding carboxylic acids is 1. The van der Waals surface area contributed by atoms with Gasteiger partial charge in [-0.15, -0.1) is 0 Å². The van der Waals surface area contributed by atoms with Crippen LogP contribution in [0.5, 0.6) is 0 Å². The fraction of sp³-hybridized carbons (Fsp3) is 0.278. The second kappa shape index (κ2) is 8.92. The Morgan fingerprint density at radius 2 is 1.91 bits per heavy atom. The van der Waals surface area contributed by atoms with Crippen molar-refractivity contribution in [3.05, 3.63) is 69.7 Å². The molecule has 0 aliphatic rings. The van der Waals surface area contributed by atoms with Crippen molar-refractivity contribution in [1.29, 1.82) is 0 Å². The molecule has 0 spiro atoms. The Morgan fingerprint density at radius 3 is 2.65 bits per heavy atom. The molecule has 1 atom stereocenters. The highest BCUT2D eigenvalue weighted by atomic mass is 35.5. The van der Waals surface area contributed by atoms with E-state index in [1.165, 1.54) is 0 Å². The maximum Gasteiger partial charge on any atom is 0.233 e. The average Bonchev–Trinajstić information content (AvgIpc) is 2.53. The molecule has 1 amide bonds. The van der Waals surface area contributed by atoms with Crippen molar-refractivity contribution in [3.63, 3.8) is 0 Å². The van der Waals surface area contributed by atoms with Crippen LogP contribution in [-0.4, -0.2) is 19.0 Å². The summed E-state index contributed by atoms with van der Waals surface area (Å²) in [7, 11) is 0. The van der Waals surface area contributed by atoms with E-state index in [0.717, 1.165) is 17.5 Å². The third-order valence-corrected chi connectivity index (χ3v) is 4.14. The summed E-state index contributed by atoms with van der Waals surface area (Å²) >= 11 is 12.1. The second-order valence-corrected chi connectivity index (χ2v) is 6.20. The lowest BCUT2D eigenvalue weighted by molar-refractivity contribution is -0.120. The summed E-state index contributed by atoms with van der Waals surface area (Å²) in [6.45, 7) is 2.82. The maximum absolute atomic E-state index is 11.9. The first-order valence-electron chi connectivity index (χ1n) is 7.55. The molecule has 0 fully saturated rings. The molecule has 1 unspecified atom stereocenters. The molecular formula is C18H20Cl2N2O. The monoisotopic (exact) mass is 350 g/mol. The zero-order valence-electron chi connectivity index (χ0n) is 13.0. The van der Waals surface area contributed by atoms with Crippen molar-refractivity contribution >= 4 is 29.1 Å². The van der Waals surface area contributed by atoms with Crippen LogP contribution >= 0.6 is 23.2 Å². The molecule has 2 aromatic carbocycles. The van der Waals surface area contributed by atoms with Gasteiger partial charge in [-0.3, -0.25) is 4.79 Å². The number of hydrogen-bond donors (Lipinski definition) is 2. The Kier molecular flexibility index (Phi) is 6.90. The highest BCUT2D eigenvalue weighted by molar-refractivity contribution is 6.31. The Morgan fingerprint density at radius 1 is 1.13 bits per heavy atom. The quantitative estimate of drug-likeness (QED) is 0.792. The van der Waals surface area contributed by atoms with Crippen LogP contribution in [0.25, 0.3) is 0 Å². The van der Waals surface area contributed by atoms with Gasteiger partial charge >= 0.3 is 0 Å². The number of benzene rings is 2. The molecule has 0 aliphatic carbocycles. The number of nitrogens with one attached hydrogen (secondary N) is 2. The fourth-order valence-corrected chi connectivity index (χ4v) is 2.80. The van der Waals surface area contributed by atoms with Crippen LogP contribution in [0, 0.1) is 0 Å². The molecule has 0 radical (unpaired) electrons. The predicted octanol–water partition coefficient (Wildman–Crippen LogP) is 4.00. The van der Waals surface area contributed by atoms with E-state index < -0.39 is 0 Å². The number of halogens is 2. The molecular weight excluding hydrogens is 331 g/mol. The van der Waals surface area contributed by atoms with Gasteiger partial charge in [-0.2, -0.15) is 0 Å². The lowest BCUT2D eigenvalue weighted by Gasteiger charge is -2.15. The van der Waals surface area contributed by atoms with Gasteiger partial charge in [0.15, 0.2) is 0 Å². The minimum absolute atomic E-state index is 0.0161. The summed E-state index contributed by atoms with van der Waals surface area (Å²) in [5.74, 6) is -0.0362. The zero-order valence-corrected chi connectivity index (χ0v) is 14.5. The van der Waals surface area contributed by atoms with Crippen LogP contribution < -0.4 is 10.6 Å². The van der Waals surface area contributed by atoms with Crippen LogP contribution in [-0.2, 0) is 11.2 Å². The Labute approximate surface area is 147 Å². The zero-order chi connectivity index (χ0) is 16.7. The van der Waals surface area contributed by atoms with Crippen LogP contribution in [0.3, 0.4) is 0 Å². The van der Waals surface area contributed by atoms with E-state index >= 15 is 0 Å². The summed E-state index contributed by atoms with van der Waals surface area (Å²) in [6, 6.07) is 15.3. The van der Waals surface area contributed by atoms with Crippen molar-refractivity contribution in [2.24, 2.45) is 0 Å². The van der Waals surface area contributed by atoms with Crippen molar-refractivity contribution in [2.45, 2.75) is 19.4 Å². The highest BCUT2D eigenvalue weighted by Gasteiger charge is 2.10. The van der Waals surface area contributed by atoms with Crippen LogP contribution in [0.2, 0.25) is 10.0 Å². The molecule has 0 saturated carbocycles. The first-order chi connectivity index (χ1) is 11.1. The van der Waals surface area contributed by atoms with Crippen molar-refractivity contribution < 1.29 is 4.79 Å². The summed E-state index contributed by atoms with van der Waals surface area (Å²) in [5.41, 5.74) is 2.09. The standard InChI is InChI=1S/C18H20Cl2N2O/c1-13(16-7-2-3-8-17(16)20)22-12-18(23)21-10-9-14-5-4-6-15(19)11-14/h2-8,11,13,22H,9-10,12H2,1H3,(H,21,23). The third-order valence-electron chi connectivity index (χ3n) is 3.57. The van der Waals surface area contributed by atoms with Gasteiger partial charge in [0.25, 0.3) is 0 Å². The average molecular weight is 351 g/mol. The largest absolute Gasteiger partial charge is 0.355 e. The van der Waals surface area contributed by atoms with Gasteiger partial charge in [-0.1, -0.05) is 53.5 Å². The SMILES string of the molecule is CC(NCC(=O)NCCc1cccc(Cl)c1)c1ccccc1Cl. The molecule has 3 nitrogen and oxygen atoms in total. The van der Waals surface area contributed by atoms with Gasteiger partial charge in [-0.05, 0) is 42.7 Å². The van der Waals surface area contributed by atoms with Crippen LogP contribution in [0.1, 0.15) is 24.1 Å². The summed E-state index contributed by atoms with van der Waals surface area (Å²) in [5, 5.41) is 7.49. The van der Waals surface area contributed by atoms with Gasteiger partial charge in [0, 0.05) is 22.6 Å². The minimum Gasteiger partial charge on any atom is -0.355 e. The molecule has 2 rings (SSSR count). The molecule has 0 heterocycles. The summed E-state index contributed by atoms with van der Waals surface area (Å²) in [6.07, 6.45) is 0.756. The fourth-order valence-electron chi connectivity index (χ4n) is 2.28.